The Bertz CT molecular complexity index is 658. The van der Waals surface area contributed by atoms with Crippen LogP contribution in [0.25, 0.3) is 0 Å². The minimum atomic E-state index is -0.300. The number of hydrogen-bond acceptors (Lipinski definition) is 5. The van der Waals surface area contributed by atoms with Gasteiger partial charge < -0.3 is 24.6 Å². The van der Waals surface area contributed by atoms with Gasteiger partial charge in [-0.1, -0.05) is 0 Å². The molecular weight excluding hydrogens is 322 g/mol. The van der Waals surface area contributed by atoms with Crippen LogP contribution in [0.3, 0.4) is 0 Å². The van der Waals surface area contributed by atoms with Crippen LogP contribution in [0, 0.1) is 5.92 Å². The molecule has 0 bridgehead atoms. The lowest BCUT2D eigenvalue weighted by molar-refractivity contribution is -0.136. The maximum atomic E-state index is 12.8. The van der Waals surface area contributed by atoms with E-state index in [-0.39, 0.29) is 30.2 Å². The van der Waals surface area contributed by atoms with Crippen molar-refractivity contribution < 1.29 is 19.1 Å². The van der Waals surface area contributed by atoms with Gasteiger partial charge in [0.05, 0.1) is 20.1 Å². The van der Waals surface area contributed by atoms with Crippen LogP contribution in [0.1, 0.15) is 12.8 Å². The quantitative estimate of drug-likeness (QED) is 0.856. The monoisotopic (exact) mass is 347 g/mol. The van der Waals surface area contributed by atoms with E-state index in [1.54, 1.807) is 36.2 Å². The SMILES string of the molecule is COc1ccc(N2C[C@H](C(=O)N(C)[C@@H]3CCNC3)CC2=O)cc1OC. The third-order valence-electron chi connectivity index (χ3n) is 5.08. The Morgan fingerprint density at radius 2 is 2.04 bits per heavy atom. The third kappa shape index (κ3) is 3.42. The van der Waals surface area contributed by atoms with Gasteiger partial charge in [-0.25, -0.2) is 0 Å². The second-order valence-corrected chi connectivity index (χ2v) is 6.54. The molecule has 0 spiro atoms. The molecule has 0 unspecified atom stereocenters. The minimum Gasteiger partial charge on any atom is -0.493 e. The number of nitrogens with zero attached hydrogens (tertiary/aromatic N) is 2. The van der Waals surface area contributed by atoms with Crippen molar-refractivity contribution in [2.45, 2.75) is 18.9 Å². The normalized spacial score (nSPS) is 23.0. The van der Waals surface area contributed by atoms with E-state index in [9.17, 15) is 9.59 Å². The molecule has 0 radical (unpaired) electrons. The first kappa shape index (κ1) is 17.5. The first-order valence-corrected chi connectivity index (χ1v) is 8.55. The molecule has 2 aliphatic heterocycles. The summed E-state index contributed by atoms with van der Waals surface area (Å²) in [5, 5.41) is 3.27. The Balaban J connectivity index is 1.73. The van der Waals surface area contributed by atoms with E-state index >= 15 is 0 Å². The number of rotatable bonds is 5. The van der Waals surface area contributed by atoms with Gasteiger partial charge in [-0.05, 0) is 25.1 Å². The van der Waals surface area contributed by atoms with Crippen molar-refractivity contribution in [2.75, 3.05) is 45.8 Å². The predicted molar refractivity (Wildman–Crippen MR) is 94.1 cm³/mol. The van der Waals surface area contributed by atoms with E-state index in [1.807, 2.05) is 13.1 Å². The largest absolute Gasteiger partial charge is 0.493 e. The number of likely N-dealkylation sites (N-methyl/N-ethyl adjacent to an activating group) is 1. The summed E-state index contributed by atoms with van der Waals surface area (Å²) in [7, 11) is 4.97. The number of ether oxygens (including phenoxy) is 2. The molecule has 1 aromatic carbocycles. The van der Waals surface area contributed by atoms with Crippen LogP contribution in [0.4, 0.5) is 5.69 Å². The van der Waals surface area contributed by atoms with E-state index in [4.69, 9.17) is 9.47 Å². The number of carbonyl (C=O) groups is 2. The fraction of sp³-hybridized carbons (Fsp3) is 0.556. The smallest absolute Gasteiger partial charge is 0.228 e. The Labute approximate surface area is 147 Å². The van der Waals surface area contributed by atoms with Crippen LogP contribution >= 0.6 is 0 Å². The fourth-order valence-electron chi connectivity index (χ4n) is 3.55. The van der Waals surface area contributed by atoms with E-state index in [0.717, 1.165) is 25.2 Å². The standard InChI is InChI=1S/C18H25N3O4/c1-20(14-6-7-19-10-14)18(23)12-8-17(22)21(11-12)13-4-5-15(24-2)16(9-13)25-3/h4-5,9,12,14,19H,6-8,10-11H2,1-3H3/t12-,14-/m1/s1. The molecule has 2 atom stereocenters. The van der Waals surface area contributed by atoms with E-state index < -0.39 is 0 Å². The Kier molecular flexibility index (Phi) is 5.13. The molecule has 2 fully saturated rings. The molecule has 2 amide bonds. The molecule has 7 heteroatoms. The number of methoxy groups -OCH3 is 2. The summed E-state index contributed by atoms with van der Waals surface area (Å²) in [6.07, 6.45) is 1.21. The summed E-state index contributed by atoms with van der Waals surface area (Å²) in [4.78, 5) is 28.7. The highest BCUT2D eigenvalue weighted by Crippen LogP contribution is 2.34. The summed E-state index contributed by atoms with van der Waals surface area (Å²) in [6, 6.07) is 5.58. The van der Waals surface area contributed by atoms with Gasteiger partial charge in [0.25, 0.3) is 0 Å². The van der Waals surface area contributed by atoms with E-state index in [0.29, 0.717) is 18.0 Å². The van der Waals surface area contributed by atoms with E-state index in [2.05, 4.69) is 5.32 Å². The average molecular weight is 347 g/mol. The number of benzene rings is 1. The minimum absolute atomic E-state index is 0.0384. The molecule has 7 nitrogen and oxygen atoms in total. The van der Waals surface area contributed by atoms with Crippen LogP contribution < -0.4 is 19.7 Å². The maximum absolute atomic E-state index is 12.8. The summed E-state index contributed by atoms with van der Waals surface area (Å²) < 4.78 is 10.5. The molecule has 1 aromatic rings. The summed E-state index contributed by atoms with van der Waals surface area (Å²) >= 11 is 0. The first-order valence-electron chi connectivity index (χ1n) is 8.55. The number of hydrogen-bond donors (Lipinski definition) is 1. The lowest BCUT2D eigenvalue weighted by Gasteiger charge is -2.26. The lowest BCUT2D eigenvalue weighted by atomic mass is 10.1. The molecule has 3 rings (SSSR count). The van der Waals surface area contributed by atoms with Gasteiger partial charge in [0.15, 0.2) is 11.5 Å². The van der Waals surface area contributed by atoms with Crippen molar-refractivity contribution in [1.29, 1.82) is 0 Å². The van der Waals surface area contributed by atoms with Crippen molar-refractivity contribution >= 4 is 17.5 Å². The fourth-order valence-corrected chi connectivity index (χ4v) is 3.55. The topological polar surface area (TPSA) is 71.1 Å². The second-order valence-electron chi connectivity index (χ2n) is 6.54. The van der Waals surface area contributed by atoms with Crippen LogP contribution in [0.2, 0.25) is 0 Å². The van der Waals surface area contributed by atoms with Gasteiger partial charge in [-0.2, -0.15) is 0 Å². The average Bonchev–Trinajstić information content (AvgIpc) is 3.29. The highest BCUT2D eigenvalue weighted by atomic mass is 16.5. The highest BCUT2D eigenvalue weighted by molar-refractivity contribution is 6.00. The van der Waals surface area contributed by atoms with Crippen molar-refractivity contribution in [2.24, 2.45) is 5.92 Å². The second kappa shape index (κ2) is 7.31. The number of nitrogens with one attached hydrogen (secondary N) is 1. The van der Waals surface area contributed by atoms with Crippen LogP contribution in [0.15, 0.2) is 18.2 Å². The third-order valence-corrected chi connectivity index (χ3v) is 5.08. The Hall–Kier alpha value is -2.28. The Morgan fingerprint density at radius 1 is 1.28 bits per heavy atom. The molecule has 0 aromatic heterocycles. The maximum Gasteiger partial charge on any atom is 0.228 e. The molecule has 2 heterocycles. The van der Waals surface area contributed by atoms with Crippen LogP contribution in [-0.2, 0) is 9.59 Å². The molecule has 136 valence electrons. The van der Waals surface area contributed by atoms with Gasteiger partial charge in [0, 0.05) is 44.4 Å². The van der Waals surface area contributed by atoms with Crippen molar-refractivity contribution in [3.8, 4) is 11.5 Å². The number of carbonyl (C=O) groups excluding carboxylic acids is 2. The van der Waals surface area contributed by atoms with Crippen molar-refractivity contribution in [3.63, 3.8) is 0 Å². The summed E-state index contributed by atoms with van der Waals surface area (Å²) in [5.41, 5.74) is 0.725. The predicted octanol–water partition coefficient (Wildman–Crippen LogP) is 0.877. The van der Waals surface area contributed by atoms with Crippen LogP contribution in [-0.4, -0.2) is 63.7 Å². The molecule has 2 saturated heterocycles. The van der Waals surface area contributed by atoms with Gasteiger partial charge in [0.2, 0.25) is 11.8 Å². The molecule has 0 saturated carbocycles. The molecular formula is C18H25N3O4. The summed E-state index contributed by atoms with van der Waals surface area (Å²) in [5.74, 6) is 0.885. The van der Waals surface area contributed by atoms with Crippen LogP contribution in [0.5, 0.6) is 11.5 Å². The van der Waals surface area contributed by atoms with Gasteiger partial charge in [-0.3, -0.25) is 9.59 Å². The molecule has 2 aliphatic rings. The zero-order chi connectivity index (χ0) is 18.0. The van der Waals surface area contributed by atoms with Gasteiger partial charge in [-0.15, -0.1) is 0 Å². The van der Waals surface area contributed by atoms with Crippen molar-refractivity contribution in [1.82, 2.24) is 10.2 Å². The first-order chi connectivity index (χ1) is 12.0. The number of amides is 2. The molecule has 25 heavy (non-hydrogen) atoms. The number of anilines is 1. The lowest BCUT2D eigenvalue weighted by Crippen LogP contribution is -2.42. The highest BCUT2D eigenvalue weighted by Gasteiger charge is 2.38. The Morgan fingerprint density at radius 3 is 2.68 bits per heavy atom. The zero-order valence-corrected chi connectivity index (χ0v) is 14.9. The summed E-state index contributed by atoms with van der Waals surface area (Å²) in [6.45, 7) is 2.16. The van der Waals surface area contributed by atoms with Gasteiger partial charge >= 0.3 is 0 Å². The van der Waals surface area contributed by atoms with E-state index in [1.165, 1.54) is 0 Å². The molecule has 0 aliphatic carbocycles. The zero-order valence-electron chi connectivity index (χ0n) is 14.9. The van der Waals surface area contributed by atoms with Crippen molar-refractivity contribution in [3.05, 3.63) is 18.2 Å². The van der Waals surface area contributed by atoms with Gasteiger partial charge in [0.1, 0.15) is 0 Å². The molecule has 1 N–H and O–H groups in total.